The molecule has 0 bridgehead atoms. The summed E-state index contributed by atoms with van der Waals surface area (Å²) >= 11 is 0. The van der Waals surface area contributed by atoms with E-state index < -0.39 is 17.2 Å². The van der Waals surface area contributed by atoms with E-state index in [0.29, 0.717) is 25.1 Å². The number of nitrogens with one attached hydrogen (secondary N) is 1. The van der Waals surface area contributed by atoms with E-state index >= 15 is 0 Å². The third kappa shape index (κ3) is 3.28. The minimum atomic E-state index is -0.803. The summed E-state index contributed by atoms with van der Waals surface area (Å²) in [6.07, 6.45) is 4.47. The number of hydrogen-bond donors (Lipinski definition) is 1. The van der Waals surface area contributed by atoms with Crippen molar-refractivity contribution in [3.05, 3.63) is 83.4 Å². The van der Waals surface area contributed by atoms with Crippen molar-refractivity contribution in [3.63, 3.8) is 0 Å². The number of carbonyl (C=O) groups excluding carboxylic acids is 1. The van der Waals surface area contributed by atoms with Crippen LogP contribution in [0.5, 0.6) is 0 Å². The van der Waals surface area contributed by atoms with Crippen molar-refractivity contribution in [2.24, 2.45) is 0 Å². The average Bonchev–Trinajstić information content (AvgIpc) is 3.31. The zero-order chi connectivity index (χ0) is 19.0. The molecule has 2 aromatic rings. The molecular weight excluding hydrogens is 346 g/mol. The summed E-state index contributed by atoms with van der Waals surface area (Å²) in [7, 11) is 0. The van der Waals surface area contributed by atoms with Gasteiger partial charge in [0.15, 0.2) is 0 Å². The van der Waals surface area contributed by atoms with Gasteiger partial charge in [0.05, 0.1) is 11.6 Å². The Hall–Kier alpha value is -2.53. The summed E-state index contributed by atoms with van der Waals surface area (Å²) in [4.78, 5) is 15.2. The largest absolute Gasteiger partial charge is 0.327 e. The van der Waals surface area contributed by atoms with Crippen LogP contribution in [0, 0.1) is 11.6 Å². The third-order valence-electron chi connectivity index (χ3n) is 5.62. The molecular formula is C22H22F2N2O. The Bertz CT molecular complexity index is 883. The van der Waals surface area contributed by atoms with Crippen LogP contribution in [-0.4, -0.2) is 29.4 Å². The average molecular weight is 368 g/mol. The fourth-order valence-corrected chi connectivity index (χ4v) is 4.18. The molecule has 2 aliphatic rings. The van der Waals surface area contributed by atoms with Gasteiger partial charge in [-0.25, -0.2) is 8.78 Å². The van der Waals surface area contributed by atoms with Crippen molar-refractivity contribution < 1.29 is 13.6 Å². The molecule has 3 atom stereocenters. The number of amides is 1. The van der Waals surface area contributed by atoms with Crippen LogP contribution in [0.2, 0.25) is 0 Å². The fraction of sp³-hybridized carbons (Fsp3) is 0.318. The molecule has 0 radical (unpaired) electrons. The molecule has 0 aliphatic carbocycles. The van der Waals surface area contributed by atoms with Crippen molar-refractivity contribution in [2.45, 2.75) is 30.8 Å². The Balaban J connectivity index is 1.55. The quantitative estimate of drug-likeness (QED) is 0.833. The molecule has 1 N–H and O–H groups in total. The van der Waals surface area contributed by atoms with Crippen LogP contribution in [-0.2, 0) is 4.79 Å². The predicted octanol–water partition coefficient (Wildman–Crippen LogP) is 3.94. The number of rotatable bonds is 3. The minimum absolute atomic E-state index is 0.0133. The van der Waals surface area contributed by atoms with Gasteiger partial charge in [-0.15, -0.1) is 0 Å². The van der Waals surface area contributed by atoms with E-state index in [4.69, 9.17) is 0 Å². The van der Waals surface area contributed by atoms with Gasteiger partial charge in [0, 0.05) is 19.0 Å². The summed E-state index contributed by atoms with van der Waals surface area (Å²) in [5, 5.41) is 3.27. The topological polar surface area (TPSA) is 32.3 Å². The van der Waals surface area contributed by atoms with E-state index in [1.54, 1.807) is 0 Å². The zero-order valence-corrected chi connectivity index (χ0v) is 15.2. The first kappa shape index (κ1) is 17.9. The Morgan fingerprint density at radius 2 is 1.96 bits per heavy atom. The van der Waals surface area contributed by atoms with E-state index in [-0.39, 0.29) is 17.9 Å². The van der Waals surface area contributed by atoms with Crippen molar-refractivity contribution in [1.29, 1.82) is 0 Å². The predicted molar refractivity (Wildman–Crippen MR) is 100 cm³/mol. The van der Waals surface area contributed by atoms with Crippen molar-refractivity contribution in [1.82, 2.24) is 10.2 Å². The van der Waals surface area contributed by atoms with E-state index in [9.17, 15) is 13.6 Å². The van der Waals surface area contributed by atoms with Crippen molar-refractivity contribution in [3.8, 4) is 0 Å². The molecule has 0 aromatic heterocycles. The van der Waals surface area contributed by atoms with Crippen LogP contribution in [0.25, 0.3) is 0 Å². The SMILES string of the molecule is C[C@]1(C(=O)N2CC=CC2c2ccccc2)CC(c2cc(F)ccc2F)CN1. The lowest BCUT2D eigenvalue weighted by molar-refractivity contribution is -0.137. The molecule has 27 heavy (non-hydrogen) atoms. The first-order valence-corrected chi connectivity index (χ1v) is 9.20. The molecule has 2 aliphatic heterocycles. The van der Waals surface area contributed by atoms with Crippen LogP contribution in [0.4, 0.5) is 8.78 Å². The molecule has 140 valence electrons. The van der Waals surface area contributed by atoms with Gasteiger partial charge in [-0.2, -0.15) is 0 Å². The van der Waals surface area contributed by atoms with E-state index in [1.165, 1.54) is 6.07 Å². The van der Waals surface area contributed by atoms with Crippen LogP contribution in [0.15, 0.2) is 60.7 Å². The van der Waals surface area contributed by atoms with Crippen molar-refractivity contribution >= 4 is 5.91 Å². The summed E-state index contributed by atoms with van der Waals surface area (Å²) in [6.45, 7) is 2.85. The van der Waals surface area contributed by atoms with Gasteiger partial charge in [-0.1, -0.05) is 42.5 Å². The number of hydrogen-bond acceptors (Lipinski definition) is 2. The Kier molecular flexibility index (Phi) is 4.56. The molecule has 4 rings (SSSR count). The van der Waals surface area contributed by atoms with Gasteiger partial charge in [0.1, 0.15) is 11.6 Å². The van der Waals surface area contributed by atoms with Gasteiger partial charge in [0.25, 0.3) is 0 Å². The van der Waals surface area contributed by atoms with Crippen LogP contribution >= 0.6 is 0 Å². The number of benzene rings is 2. The highest BCUT2D eigenvalue weighted by Crippen LogP contribution is 2.37. The highest BCUT2D eigenvalue weighted by Gasteiger charge is 2.45. The highest BCUT2D eigenvalue weighted by atomic mass is 19.1. The smallest absolute Gasteiger partial charge is 0.243 e. The van der Waals surface area contributed by atoms with Gasteiger partial charge < -0.3 is 10.2 Å². The monoisotopic (exact) mass is 368 g/mol. The van der Waals surface area contributed by atoms with Crippen LogP contribution in [0.1, 0.15) is 36.4 Å². The molecule has 0 saturated carbocycles. The maximum atomic E-state index is 14.2. The number of halogens is 2. The normalized spacial score (nSPS) is 27.3. The summed E-state index contributed by atoms with van der Waals surface area (Å²) < 4.78 is 27.7. The fourth-order valence-electron chi connectivity index (χ4n) is 4.18. The second-order valence-corrected chi connectivity index (χ2v) is 7.52. The molecule has 1 saturated heterocycles. The number of carbonyl (C=O) groups is 1. The molecule has 2 heterocycles. The van der Waals surface area contributed by atoms with Gasteiger partial charge in [-0.05, 0) is 42.7 Å². The number of nitrogens with zero attached hydrogens (tertiary/aromatic N) is 1. The first-order chi connectivity index (χ1) is 13.0. The van der Waals surface area contributed by atoms with E-state index in [1.807, 2.05) is 54.3 Å². The maximum Gasteiger partial charge on any atom is 0.243 e. The lowest BCUT2D eigenvalue weighted by atomic mass is 9.88. The van der Waals surface area contributed by atoms with Crippen LogP contribution in [0.3, 0.4) is 0 Å². The molecule has 1 amide bonds. The lowest BCUT2D eigenvalue weighted by Crippen LogP contribution is -2.52. The first-order valence-electron chi connectivity index (χ1n) is 9.20. The van der Waals surface area contributed by atoms with Gasteiger partial charge in [0.2, 0.25) is 5.91 Å². The van der Waals surface area contributed by atoms with Crippen molar-refractivity contribution in [2.75, 3.05) is 13.1 Å². The maximum absolute atomic E-state index is 14.2. The Labute approximate surface area is 157 Å². The second kappa shape index (κ2) is 6.89. The molecule has 5 heteroatoms. The van der Waals surface area contributed by atoms with Crippen LogP contribution < -0.4 is 5.32 Å². The molecule has 0 spiro atoms. The molecule has 3 nitrogen and oxygen atoms in total. The van der Waals surface area contributed by atoms with E-state index in [0.717, 1.165) is 17.7 Å². The second-order valence-electron chi connectivity index (χ2n) is 7.52. The highest BCUT2D eigenvalue weighted by molar-refractivity contribution is 5.87. The van der Waals surface area contributed by atoms with Gasteiger partial charge >= 0.3 is 0 Å². The van der Waals surface area contributed by atoms with Gasteiger partial charge in [-0.3, -0.25) is 4.79 Å². The third-order valence-corrected chi connectivity index (χ3v) is 5.62. The molecule has 1 fully saturated rings. The molecule has 2 unspecified atom stereocenters. The standard InChI is InChI=1S/C22H22F2N2O/c1-22(13-16(14-25-22)18-12-17(23)9-10-19(18)24)21(27)26-11-5-8-20(26)15-6-3-2-4-7-15/h2-10,12,16,20,25H,11,13-14H2,1H3/t16?,20?,22-/m1/s1. The lowest BCUT2D eigenvalue weighted by Gasteiger charge is -2.33. The Morgan fingerprint density at radius 1 is 1.19 bits per heavy atom. The zero-order valence-electron chi connectivity index (χ0n) is 15.2. The summed E-state index contributed by atoms with van der Waals surface area (Å²) in [5.74, 6) is -1.13. The summed E-state index contributed by atoms with van der Waals surface area (Å²) in [5.41, 5.74) is 0.592. The Morgan fingerprint density at radius 3 is 2.74 bits per heavy atom. The summed E-state index contributed by atoms with van der Waals surface area (Å²) in [6, 6.07) is 13.3. The van der Waals surface area contributed by atoms with E-state index in [2.05, 4.69) is 5.32 Å². The minimum Gasteiger partial charge on any atom is -0.327 e. The molecule has 2 aromatic carbocycles.